The summed E-state index contributed by atoms with van der Waals surface area (Å²) in [7, 11) is -5.53. The Kier molecular flexibility index (Phi) is 3.53. The Morgan fingerprint density at radius 1 is 1.29 bits per heavy atom. The number of halogens is 4. The molecule has 0 unspecified atom stereocenters. The van der Waals surface area contributed by atoms with Gasteiger partial charge in [-0.2, -0.15) is 13.2 Å². The van der Waals surface area contributed by atoms with E-state index in [-0.39, 0.29) is 4.47 Å². The molecule has 0 saturated carbocycles. The van der Waals surface area contributed by atoms with Gasteiger partial charge in [0.05, 0.1) is 10.5 Å². The van der Waals surface area contributed by atoms with Crippen molar-refractivity contribution in [2.24, 2.45) is 0 Å². The van der Waals surface area contributed by atoms with Crippen LogP contribution in [0.5, 0.6) is 0 Å². The van der Waals surface area contributed by atoms with Crippen LogP contribution in [-0.2, 0) is 9.84 Å². The zero-order chi connectivity index (χ0) is 13.4. The minimum Gasteiger partial charge on any atom is -0.478 e. The number of hydrogen-bond donors (Lipinski definition) is 1. The molecule has 94 valence electrons. The highest BCUT2D eigenvalue weighted by atomic mass is 79.9. The lowest BCUT2D eigenvalue weighted by molar-refractivity contribution is -0.0436. The molecule has 1 aromatic rings. The molecule has 0 aromatic heterocycles. The number of carbonyl (C=O) groups is 1. The van der Waals surface area contributed by atoms with Crippen molar-refractivity contribution >= 4 is 31.7 Å². The van der Waals surface area contributed by atoms with E-state index in [9.17, 15) is 26.4 Å². The van der Waals surface area contributed by atoms with Crippen molar-refractivity contribution in [2.45, 2.75) is 10.4 Å². The number of benzene rings is 1. The number of aromatic carboxylic acids is 1. The molecule has 0 fully saturated rings. The number of alkyl halides is 3. The topological polar surface area (TPSA) is 71.4 Å². The van der Waals surface area contributed by atoms with Gasteiger partial charge >= 0.3 is 11.5 Å². The summed E-state index contributed by atoms with van der Waals surface area (Å²) in [5.74, 6) is -1.53. The Bertz CT molecular complexity index is 565. The summed E-state index contributed by atoms with van der Waals surface area (Å²) < 4.78 is 58.6. The van der Waals surface area contributed by atoms with Gasteiger partial charge in [-0.15, -0.1) is 0 Å². The van der Waals surface area contributed by atoms with Gasteiger partial charge in [0.25, 0.3) is 9.84 Å². The molecule has 0 amide bonds. The van der Waals surface area contributed by atoms with E-state index in [1.165, 1.54) is 0 Å². The summed E-state index contributed by atoms with van der Waals surface area (Å²) in [4.78, 5) is 9.54. The van der Waals surface area contributed by atoms with Gasteiger partial charge in [0.15, 0.2) is 0 Å². The van der Waals surface area contributed by atoms with Gasteiger partial charge in [-0.3, -0.25) is 0 Å². The zero-order valence-corrected chi connectivity index (χ0v) is 10.2. The molecular weight excluding hydrogens is 329 g/mol. The maximum Gasteiger partial charge on any atom is 0.501 e. The number of rotatable bonds is 2. The van der Waals surface area contributed by atoms with Crippen LogP contribution in [0.15, 0.2) is 27.6 Å². The Morgan fingerprint density at radius 3 is 2.24 bits per heavy atom. The second-order valence-corrected chi connectivity index (χ2v) is 5.69. The lowest BCUT2D eigenvalue weighted by atomic mass is 10.2. The summed E-state index contributed by atoms with van der Waals surface area (Å²) in [6.45, 7) is 0. The fourth-order valence-electron chi connectivity index (χ4n) is 0.969. The molecule has 0 atom stereocenters. The molecule has 0 radical (unpaired) electrons. The highest BCUT2D eigenvalue weighted by molar-refractivity contribution is 9.10. The molecule has 0 aliphatic heterocycles. The molecule has 0 spiro atoms. The third-order valence-electron chi connectivity index (χ3n) is 1.78. The number of carboxylic acid groups (broad SMARTS) is 1. The van der Waals surface area contributed by atoms with Crippen molar-refractivity contribution in [1.82, 2.24) is 0 Å². The van der Waals surface area contributed by atoms with Crippen LogP contribution in [0.3, 0.4) is 0 Å². The van der Waals surface area contributed by atoms with Crippen LogP contribution < -0.4 is 0 Å². The minimum absolute atomic E-state index is 0.00822. The van der Waals surface area contributed by atoms with Gasteiger partial charge in [-0.1, -0.05) is 0 Å². The van der Waals surface area contributed by atoms with E-state index in [1.54, 1.807) is 0 Å². The number of hydrogen-bond acceptors (Lipinski definition) is 3. The summed E-state index contributed by atoms with van der Waals surface area (Å²) in [5, 5.41) is 8.65. The average molecular weight is 333 g/mol. The normalized spacial score (nSPS) is 12.5. The number of sulfone groups is 1. The molecule has 0 bridgehead atoms. The summed E-state index contributed by atoms with van der Waals surface area (Å²) in [6, 6.07) is 2.07. The molecule has 1 rings (SSSR count). The molecule has 1 N–H and O–H groups in total. The van der Waals surface area contributed by atoms with Crippen molar-refractivity contribution in [2.75, 3.05) is 0 Å². The highest BCUT2D eigenvalue weighted by Crippen LogP contribution is 2.32. The second-order valence-electron chi connectivity index (χ2n) is 2.90. The first-order valence-electron chi connectivity index (χ1n) is 3.91. The fraction of sp³-hybridized carbons (Fsp3) is 0.125. The maximum absolute atomic E-state index is 12.2. The van der Waals surface area contributed by atoms with Crippen LogP contribution in [0.4, 0.5) is 13.2 Å². The molecule has 0 aliphatic carbocycles. The van der Waals surface area contributed by atoms with Crippen LogP contribution in [0.2, 0.25) is 0 Å². The standard InChI is InChI=1S/C8H4BrF3O4S/c9-6-2-1-4(3-5(6)7(13)14)17(15,16)8(10,11)12/h1-3H,(H,13,14). The van der Waals surface area contributed by atoms with E-state index in [2.05, 4.69) is 15.9 Å². The van der Waals surface area contributed by atoms with Crippen LogP contribution in [0.1, 0.15) is 10.4 Å². The van der Waals surface area contributed by atoms with Gasteiger partial charge in [-0.05, 0) is 34.1 Å². The minimum atomic E-state index is -5.53. The Morgan fingerprint density at radius 2 is 1.82 bits per heavy atom. The van der Waals surface area contributed by atoms with Crippen LogP contribution in [0.25, 0.3) is 0 Å². The predicted molar refractivity (Wildman–Crippen MR) is 54.3 cm³/mol. The largest absolute Gasteiger partial charge is 0.501 e. The van der Waals surface area contributed by atoms with Gasteiger partial charge in [0.2, 0.25) is 0 Å². The predicted octanol–water partition coefficient (Wildman–Crippen LogP) is 2.44. The molecule has 0 heterocycles. The van der Waals surface area contributed by atoms with E-state index in [1.807, 2.05) is 0 Å². The molecule has 4 nitrogen and oxygen atoms in total. The third-order valence-corrected chi connectivity index (χ3v) is 3.96. The summed E-state index contributed by atoms with van der Waals surface area (Å²) >= 11 is 2.79. The van der Waals surface area contributed by atoms with Gasteiger partial charge in [0.1, 0.15) is 0 Å². The Labute approximate surface area is 102 Å². The van der Waals surface area contributed by atoms with Gasteiger partial charge < -0.3 is 5.11 Å². The molecule has 0 saturated heterocycles. The van der Waals surface area contributed by atoms with Gasteiger partial charge in [-0.25, -0.2) is 13.2 Å². The SMILES string of the molecule is O=C(O)c1cc(S(=O)(=O)C(F)(F)F)ccc1Br. The first kappa shape index (κ1) is 14.0. The van der Waals surface area contributed by atoms with Gasteiger partial charge in [0, 0.05) is 4.47 Å². The van der Waals surface area contributed by atoms with E-state index >= 15 is 0 Å². The third kappa shape index (κ3) is 2.60. The van der Waals surface area contributed by atoms with Crippen molar-refractivity contribution in [3.8, 4) is 0 Å². The first-order chi connectivity index (χ1) is 7.57. The van der Waals surface area contributed by atoms with Crippen molar-refractivity contribution in [3.63, 3.8) is 0 Å². The lowest BCUT2D eigenvalue weighted by Gasteiger charge is -2.09. The van der Waals surface area contributed by atoms with E-state index in [0.717, 1.165) is 6.07 Å². The Balaban J connectivity index is 3.46. The van der Waals surface area contributed by atoms with Crippen LogP contribution in [0, 0.1) is 0 Å². The van der Waals surface area contributed by atoms with Crippen LogP contribution in [-0.4, -0.2) is 25.0 Å². The molecule has 0 aliphatic rings. The molecule has 1 aromatic carbocycles. The quantitative estimate of drug-likeness (QED) is 0.902. The van der Waals surface area contributed by atoms with E-state index in [0.29, 0.717) is 12.1 Å². The van der Waals surface area contributed by atoms with Crippen molar-refractivity contribution < 1.29 is 31.5 Å². The van der Waals surface area contributed by atoms with E-state index < -0.39 is 31.8 Å². The van der Waals surface area contributed by atoms with E-state index in [4.69, 9.17) is 5.11 Å². The molecule has 9 heteroatoms. The molecule has 17 heavy (non-hydrogen) atoms. The highest BCUT2D eigenvalue weighted by Gasteiger charge is 2.47. The maximum atomic E-state index is 12.2. The monoisotopic (exact) mass is 332 g/mol. The average Bonchev–Trinajstić information content (AvgIpc) is 2.15. The fourth-order valence-corrected chi connectivity index (χ4v) is 2.17. The molecular formula is C8H4BrF3O4S. The second kappa shape index (κ2) is 4.30. The zero-order valence-electron chi connectivity index (χ0n) is 7.82. The first-order valence-corrected chi connectivity index (χ1v) is 6.19. The smallest absolute Gasteiger partial charge is 0.478 e. The van der Waals surface area contributed by atoms with Crippen molar-refractivity contribution in [1.29, 1.82) is 0 Å². The Hall–Kier alpha value is -1.09. The van der Waals surface area contributed by atoms with Crippen LogP contribution >= 0.6 is 15.9 Å². The summed E-state index contributed by atoms with van der Waals surface area (Å²) in [5.41, 5.74) is -6.02. The summed E-state index contributed by atoms with van der Waals surface area (Å²) in [6.07, 6.45) is 0. The number of carboxylic acids is 1. The lowest BCUT2D eigenvalue weighted by Crippen LogP contribution is -2.23. The van der Waals surface area contributed by atoms with Crippen molar-refractivity contribution in [3.05, 3.63) is 28.2 Å².